The number of hydroxylamine groups is 2. The largest absolute Gasteiger partial charge is 0.414 e. The van der Waals surface area contributed by atoms with E-state index < -0.39 is 26.1 Å². The van der Waals surface area contributed by atoms with E-state index in [0.717, 1.165) is 19.3 Å². The molecule has 1 aliphatic heterocycles. The van der Waals surface area contributed by atoms with Crippen LogP contribution in [0.15, 0.2) is 0 Å². The molecule has 0 aliphatic carbocycles. The normalized spacial score (nSPS) is 16.7. The zero-order valence-electron chi connectivity index (χ0n) is 17.9. The van der Waals surface area contributed by atoms with E-state index in [-0.39, 0.29) is 30.4 Å². The van der Waals surface area contributed by atoms with Crippen molar-refractivity contribution in [3.05, 3.63) is 0 Å². The number of imide groups is 1. The van der Waals surface area contributed by atoms with E-state index in [1.165, 1.54) is 12.8 Å². The van der Waals surface area contributed by atoms with Gasteiger partial charge in [-0.2, -0.15) is 0 Å². The molecular weight excluding hydrogens is 362 g/mol. The maximum absolute atomic E-state index is 12.1. The lowest BCUT2D eigenvalue weighted by molar-refractivity contribution is -0.197. The van der Waals surface area contributed by atoms with Crippen LogP contribution in [0.25, 0.3) is 0 Å². The van der Waals surface area contributed by atoms with Gasteiger partial charge in [-0.15, -0.1) is 5.06 Å². The van der Waals surface area contributed by atoms with Crippen molar-refractivity contribution in [1.82, 2.24) is 5.06 Å². The fourth-order valence-electron chi connectivity index (χ4n) is 2.74. The minimum atomic E-state index is -1.94. The molecule has 1 unspecified atom stereocenters. The van der Waals surface area contributed by atoms with Gasteiger partial charge in [-0.25, -0.2) is 4.79 Å². The molecule has 0 saturated carbocycles. The monoisotopic (exact) mass is 399 g/mol. The van der Waals surface area contributed by atoms with Crippen molar-refractivity contribution in [3.63, 3.8) is 0 Å². The Balaban J connectivity index is 2.60. The van der Waals surface area contributed by atoms with E-state index in [2.05, 4.69) is 40.8 Å². The Bertz CT molecular complexity index is 511. The first-order valence-electron chi connectivity index (χ1n) is 10.2. The van der Waals surface area contributed by atoms with Crippen molar-refractivity contribution in [2.75, 3.05) is 0 Å². The van der Waals surface area contributed by atoms with E-state index in [1.807, 2.05) is 0 Å². The second-order valence-corrected chi connectivity index (χ2v) is 13.7. The smallest absolute Gasteiger partial charge is 0.333 e. The van der Waals surface area contributed by atoms with Crippen molar-refractivity contribution in [2.24, 2.45) is 0 Å². The first-order valence-corrected chi connectivity index (χ1v) is 13.1. The molecule has 0 radical (unpaired) electrons. The van der Waals surface area contributed by atoms with Gasteiger partial charge in [0.25, 0.3) is 11.8 Å². The first-order chi connectivity index (χ1) is 12.5. The summed E-state index contributed by atoms with van der Waals surface area (Å²) >= 11 is 0. The highest BCUT2D eigenvalue weighted by Gasteiger charge is 2.39. The Kier molecular flexibility index (Phi) is 9.15. The highest BCUT2D eigenvalue weighted by Crippen LogP contribution is 2.38. The molecule has 27 heavy (non-hydrogen) atoms. The molecule has 0 N–H and O–H groups in total. The number of hydrogen-bond donors (Lipinski definition) is 0. The Morgan fingerprint density at radius 3 is 2.19 bits per heavy atom. The van der Waals surface area contributed by atoms with Crippen LogP contribution in [0.1, 0.15) is 85.5 Å². The number of unbranched alkanes of at least 4 members (excludes halogenated alkanes) is 3. The van der Waals surface area contributed by atoms with Gasteiger partial charge in [0.1, 0.15) is 0 Å². The highest BCUT2D eigenvalue weighted by atomic mass is 28.4. The summed E-state index contributed by atoms with van der Waals surface area (Å²) in [5.41, 5.74) is 0. The van der Waals surface area contributed by atoms with Crippen molar-refractivity contribution < 1.29 is 23.6 Å². The lowest BCUT2D eigenvalue weighted by Gasteiger charge is -2.39. The molecule has 1 heterocycles. The molecule has 0 aromatic heterocycles. The molecule has 1 saturated heterocycles. The van der Waals surface area contributed by atoms with Crippen molar-refractivity contribution in [3.8, 4) is 0 Å². The quantitative estimate of drug-likeness (QED) is 0.285. The number of amides is 2. The molecule has 6 nitrogen and oxygen atoms in total. The maximum Gasteiger partial charge on any atom is 0.333 e. The molecule has 156 valence electrons. The Hall–Kier alpha value is -1.21. The maximum atomic E-state index is 12.1. The van der Waals surface area contributed by atoms with Gasteiger partial charge in [-0.05, 0) is 31.0 Å². The first kappa shape index (κ1) is 23.8. The van der Waals surface area contributed by atoms with Crippen LogP contribution in [-0.4, -0.2) is 37.3 Å². The lowest BCUT2D eigenvalue weighted by Crippen LogP contribution is -2.44. The van der Waals surface area contributed by atoms with Gasteiger partial charge in [-0.3, -0.25) is 9.59 Å². The average Bonchev–Trinajstić information content (AvgIpc) is 2.87. The van der Waals surface area contributed by atoms with Gasteiger partial charge in [0.15, 0.2) is 8.32 Å². The summed E-state index contributed by atoms with van der Waals surface area (Å²) in [5, 5.41) is 0.719. The van der Waals surface area contributed by atoms with Crippen LogP contribution < -0.4 is 0 Å². The summed E-state index contributed by atoms with van der Waals surface area (Å²) in [4.78, 5) is 40.2. The van der Waals surface area contributed by atoms with E-state index in [4.69, 9.17) is 9.26 Å². The molecule has 1 aliphatic rings. The van der Waals surface area contributed by atoms with Gasteiger partial charge in [0, 0.05) is 18.9 Å². The van der Waals surface area contributed by atoms with Crippen LogP contribution in [0.3, 0.4) is 0 Å². The summed E-state index contributed by atoms with van der Waals surface area (Å²) < 4.78 is 6.53. The zero-order chi connectivity index (χ0) is 20.7. The standard InChI is InChI=1S/C20H37NO5Si/c1-7-8-9-10-11-16(26-27(5,6)20(2,3)4)12-15-19(24)25-21-17(22)13-14-18(21)23/h16H,7-15H2,1-6H3. The molecule has 1 rings (SSSR count). The minimum absolute atomic E-state index is 0.000258. The highest BCUT2D eigenvalue weighted by molar-refractivity contribution is 6.74. The van der Waals surface area contributed by atoms with Crippen LogP contribution >= 0.6 is 0 Å². The SMILES string of the molecule is CCCCCCC(CCC(=O)ON1C(=O)CCC1=O)O[Si](C)(C)C(C)(C)C. The molecule has 7 heteroatoms. The molecule has 1 atom stereocenters. The second kappa shape index (κ2) is 10.4. The van der Waals surface area contributed by atoms with Gasteiger partial charge >= 0.3 is 5.97 Å². The predicted molar refractivity (Wildman–Crippen MR) is 107 cm³/mol. The average molecular weight is 400 g/mol. The van der Waals surface area contributed by atoms with E-state index >= 15 is 0 Å². The molecule has 0 aromatic carbocycles. The zero-order valence-corrected chi connectivity index (χ0v) is 18.9. The van der Waals surface area contributed by atoms with Gasteiger partial charge < -0.3 is 9.26 Å². The van der Waals surface area contributed by atoms with E-state index in [0.29, 0.717) is 11.5 Å². The third-order valence-electron chi connectivity index (χ3n) is 5.52. The summed E-state index contributed by atoms with van der Waals surface area (Å²) in [5.74, 6) is -1.43. The van der Waals surface area contributed by atoms with Crippen LogP contribution in [0, 0.1) is 0 Å². The molecule has 0 spiro atoms. The number of hydrogen-bond acceptors (Lipinski definition) is 5. The van der Waals surface area contributed by atoms with Crippen molar-refractivity contribution >= 4 is 26.1 Å². The second-order valence-electron chi connectivity index (χ2n) is 8.93. The topological polar surface area (TPSA) is 72.9 Å². The molecule has 1 fully saturated rings. The van der Waals surface area contributed by atoms with Crippen LogP contribution in [0.4, 0.5) is 0 Å². The molecule has 2 amide bonds. The summed E-state index contributed by atoms with van der Waals surface area (Å²) in [6.07, 6.45) is 6.45. The number of carbonyl (C=O) groups is 3. The molecular formula is C20H37NO5Si. The third-order valence-corrected chi connectivity index (χ3v) is 10.1. The Morgan fingerprint density at radius 1 is 1.07 bits per heavy atom. The number of rotatable bonds is 11. The van der Waals surface area contributed by atoms with E-state index in [1.54, 1.807) is 0 Å². The molecule has 0 bridgehead atoms. The predicted octanol–water partition coefficient (Wildman–Crippen LogP) is 4.73. The fraction of sp³-hybridized carbons (Fsp3) is 0.850. The Labute approximate surface area is 165 Å². The van der Waals surface area contributed by atoms with Crippen molar-refractivity contribution in [2.45, 2.75) is 110 Å². The van der Waals surface area contributed by atoms with Gasteiger partial charge in [0.2, 0.25) is 0 Å². The summed E-state index contributed by atoms with van der Waals surface area (Å²) in [7, 11) is -1.94. The number of carbonyl (C=O) groups excluding carboxylic acids is 3. The minimum Gasteiger partial charge on any atom is -0.414 e. The number of nitrogens with zero attached hydrogens (tertiary/aromatic N) is 1. The summed E-state index contributed by atoms with van der Waals surface area (Å²) in [6, 6.07) is 0. The van der Waals surface area contributed by atoms with Crippen LogP contribution in [-0.2, 0) is 23.6 Å². The summed E-state index contributed by atoms with van der Waals surface area (Å²) in [6.45, 7) is 13.2. The van der Waals surface area contributed by atoms with Gasteiger partial charge in [0.05, 0.1) is 6.42 Å². The van der Waals surface area contributed by atoms with E-state index in [9.17, 15) is 14.4 Å². The van der Waals surface area contributed by atoms with Gasteiger partial charge in [-0.1, -0.05) is 53.4 Å². The fourth-order valence-corrected chi connectivity index (χ4v) is 4.16. The third kappa shape index (κ3) is 7.74. The van der Waals surface area contributed by atoms with Crippen LogP contribution in [0.5, 0.6) is 0 Å². The van der Waals surface area contributed by atoms with Crippen LogP contribution in [0.2, 0.25) is 18.1 Å². The molecule has 0 aromatic rings. The lowest BCUT2D eigenvalue weighted by atomic mass is 10.1. The van der Waals surface area contributed by atoms with Crippen molar-refractivity contribution in [1.29, 1.82) is 0 Å². The Morgan fingerprint density at radius 2 is 1.67 bits per heavy atom.